The van der Waals surface area contributed by atoms with Gasteiger partial charge in [-0.15, -0.1) is 0 Å². The monoisotopic (exact) mass is 467 g/mol. The van der Waals surface area contributed by atoms with Crippen LogP contribution in [-0.4, -0.2) is 23.6 Å². The molecular weight excluding hydrogens is 442 g/mol. The third-order valence-electron chi connectivity index (χ3n) is 5.77. The van der Waals surface area contributed by atoms with Gasteiger partial charge < -0.3 is 14.6 Å². The van der Waals surface area contributed by atoms with Gasteiger partial charge in [0.05, 0.1) is 0 Å². The number of aryl methyl sites for hydroxylation is 1. The summed E-state index contributed by atoms with van der Waals surface area (Å²) in [6.07, 6.45) is 3.74. The molecular formula is C25H26ClN3O2S. The summed E-state index contributed by atoms with van der Waals surface area (Å²) < 4.78 is 5.71. The number of amides is 1. The van der Waals surface area contributed by atoms with Crippen LogP contribution in [0.2, 0.25) is 5.02 Å². The Bertz CT molecular complexity index is 1130. The molecule has 0 spiro atoms. The average Bonchev–Trinajstić information content (AvgIpc) is 3.27. The largest absolute Gasteiger partial charge is 0.451 e. The Labute approximate surface area is 198 Å². The van der Waals surface area contributed by atoms with E-state index < -0.39 is 5.91 Å². The second kappa shape index (κ2) is 9.76. The van der Waals surface area contributed by atoms with E-state index in [1.807, 2.05) is 37.3 Å². The number of furan rings is 1. The van der Waals surface area contributed by atoms with Crippen molar-refractivity contribution in [2.75, 3.05) is 16.8 Å². The van der Waals surface area contributed by atoms with Crippen molar-refractivity contribution in [1.82, 2.24) is 5.32 Å². The number of hydrogen-bond donors (Lipinski definition) is 2. The third-order valence-corrected chi connectivity index (χ3v) is 6.38. The van der Waals surface area contributed by atoms with Crippen molar-refractivity contribution in [3.8, 4) is 11.3 Å². The van der Waals surface area contributed by atoms with Gasteiger partial charge in [-0.2, -0.15) is 0 Å². The van der Waals surface area contributed by atoms with Crippen LogP contribution in [0.3, 0.4) is 0 Å². The quantitative estimate of drug-likeness (QED) is 0.434. The van der Waals surface area contributed by atoms with Crippen LogP contribution < -0.4 is 15.5 Å². The van der Waals surface area contributed by atoms with Crippen LogP contribution >= 0.6 is 23.8 Å². The zero-order valence-electron chi connectivity index (χ0n) is 18.2. The first-order valence-electron chi connectivity index (χ1n) is 10.8. The molecule has 0 bridgehead atoms. The third kappa shape index (κ3) is 5.14. The number of rotatable bonds is 4. The second-order valence-corrected chi connectivity index (χ2v) is 8.94. The van der Waals surface area contributed by atoms with Crippen LogP contribution in [0.4, 0.5) is 11.4 Å². The van der Waals surface area contributed by atoms with E-state index in [2.05, 4.69) is 34.6 Å². The highest BCUT2D eigenvalue weighted by atomic mass is 35.5. The first kappa shape index (κ1) is 22.4. The van der Waals surface area contributed by atoms with Crippen molar-refractivity contribution in [3.05, 3.63) is 70.9 Å². The predicted octanol–water partition coefficient (Wildman–Crippen LogP) is 6.41. The number of carbonyl (C=O) groups excluding carboxylic acids is 1. The van der Waals surface area contributed by atoms with Crippen molar-refractivity contribution in [1.29, 1.82) is 0 Å². The maximum absolute atomic E-state index is 12.5. The van der Waals surface area contributed by atoms with Gasteiger partial charge in [0.1, 0.15) is 5.76 Å². The first-order chi connectivity index (χ1) is 15.4. The summed E-state index contributed by atoms with van der Waals surface area (Å²) in [4.78, 5) is 15.0. The second-order valence-electron chi connectivity index (χ2n) is 8.12. The van der Waals surface area contributed by atoms with Gasteiger partial charge in [0.25, 0.3) is 5.91 Å². The molecule has 1 saturated heterocycles. The number of thiocarbonyl (C=S) groups is 1. The molecule has 4 rings (SSSR count). The lowest BCUT2D eigenvalue weighted by Gasteiger charge is -2.35. The van der Waals surface area contributed by atoms with Gasteiger partial charge in [0, 0.05) is 34.5 Å². The van der Waals surface area contributed by atoms with E-state index in [1.54, 1.807) is 12.1 Å². The van der Waals surface area contributed by atoms with Crippen molar-refractivity contribution in [3.63, 3.8) is 0 Å². The lowest BCUT2D eigenvalue weighted by atomic mass is 10.0. The van der Waals surface area contributed by atoms with Crippen molar-refractivity contribution >= 4 is 46.2 Å². The molecule has 0 saturated carbocycles. The number of carbonyl (C=O) groups is 1. The van der Waals surface area contributed by atoms with Crippen molar-refractivity contribution < 1.29 is 9.21 Å². The molecule has 2 aromatic carbocycles. The summed E-state index contributed by atoms with van der Waals surface area (Å²) in [5.74, 6) is 0.333. The minimum Gasteiger partial charge on any atom is -0.451 e. The maximum Gasteiger partial charge on any atom is 0.293 e. The number of hydrogen-bond acceptors (Lipinski definition) is 4. The molecule has 0 radical (unpaired) electrons. The summed E-state index contributed by atoms with van der Waals surface area (Å²) in [6, 6.07) is 17.7. The molecule has 1 aliphatic rings. The molecule has 7 heteroatoms. The molecule has 1 aromatic heterocycles. The Hall–Kier alpha value is -2.83. The minimum atomic E-state index is -0.411. The normalized spacial score (nSPS) is 16.0. The van der Waals surface area contributed by atoms with Gasteiger partial charge in [0.2, 0.25) is 0 Å². The van der Waals surface area contributed by atoms with E-state index in [0.29, 0.717) is 16.8 Å². The van der Waals surface area contributed by atoms with Gasteiger partial charge >= 0.3 is 0 Å². The minimum absolute atomic E-state index is 0.176. The van der Waals surface area contributed by atoms with Crippen LogP contribution in [0.15, 0.2) is 59.0 Å². The Morgan fingerprint density at radius 3 is 2.62 bits per heavy atom. The molecule has 1 atom stereocenters. The highest BCUT2D eigenvalue weighted by molar-refractivity contribution is 7.80. The molecule has 3 aromatic rings. The van der Waals surface area contributed by atoms with E-state index in [9.17, 15) is 4.79 Å². The smallest absolute Gasteiger partial charge is 0.293 e. The van der Waals surface area contributed by atoms with E-state index in [0.717, 1.165) is 23.4 Å². The predicted molar refractivity (Wildman–Crippen MR) is 135 cm³/mol. The van der Waals surface area contributed by atoms with E-state index in [4.69, 9.17) is 28.2 Å². The van der Waals surface area contributed by atoms with Crippen LogP contribution in [0, 0.1) is 6.92 Å². The van der Waals surface area contributed by atoms with Crippen molar-refractivity contribution in [2.45, 2.75) is 39.2 Å². The summed E-state index contributed by atoms with van der Waals surface area (Å²) >= 11 is 11.5. The molecule has 0 unspecified atom stereocenters. The molecule has 32 heavy (non-hydrogen) atoms. The number of nitrogens with zero attached hydrogens (tertiary/aromatic N) is 1. The van der Waals surface area contributed by atoms with E-state index >= 15 is 0 Å². The Kier molecular flexibility index (Phi) is 6.82. The summed E-state index contributed by atoms with van der Waals surface area (Å²) in [7, 11) is 0. The summed E-state index contributed by atoms with van der Waals surface area (Å²) in [5, 5.41) is 6.59. The SMILES string of the molecule is Cc1ccc(-c2ccc(C(=O)NC(=S)Nc3ccc(N4CCCC[C@H]4C)cc3)o2)cc1Cl. The zero-order valence-corrected chi connectivity index (χ0v) is 19.7. The standard InChI is InChI=1S/C25H26ClN3O2S/c1-16-6-7-18(15-21(16)26)22-12-13-23(31-22)24(30)28-25(32)27-19-8-10-20(11-9-19)29-14-4-3-5-17(29)2/h6-13,15,17H,3-5,14H2,1-2H3,(H2,27,28,30,32)/t17-/m1/s1. The fourth-order valence-corrected chi connectivity index (χ4v) is 4.30. The topological polar surface area (TPSA) is 57.5 Å². The van der Waals surface area contributed by atoms with E-state index in [-0.39, 0.29) is 10.9 Å². The van der Waals surface area contributed by atoms with Crippen LogP contribution in [0.1, 0.15) is 42.3 Å². The van der Waals surface area contributed by atoms with Gasteiger partial charge in [-0.3, -0.25) is 10.1 Å². The summed E-state index contributed by atoms with van der Waals surface area (Å²) in [6.45, 7) is 5.29. The molecule has 5 nitrogen and oxygen atoms in total. The lowest BCUT2D eigenvalue weighted by molar-refractivity contribution is 0.0951. The number of anilines is 2. The zero-order chi connectivity index (χ0) is 22.7. The maximum atomic E-state index is 12.5. The highest BCUT2D eigenvalue weighted by Gasteiger charge is 2.18. The Balaban J connectivity index is 1.35. The van der Waals surface area contributed by atoms with Gasteiger partial charge in [-0.05, 0) is 93.4 Å². The highest BCUT2D eigenvalue weighted by Crippen LogP contribution is 2.27. The number of piperidine rings is 1. The number of nitrogens with one attached hydrogen (secondary N) is 2. The molecule has 2 heterocycles. The first-order valence-corrected chi connectivity index (χ1v) is 11.5. The van der Waals surface area contributed by atoms with Crippen LogP contribution in [-0.2, 0) is 0 Å². The van der Waals surface area contributed by atoms with E-state index in [1.165, 1.54) is 24.9 Å². The van der Waals surface area contributed by atoms with Crippen molar-refractivity contribution in [2.24, 2.45) is 0 Å². The van der Waals surface area contributed by atoms with Gasteiger partial charge in [0.15, 0.2) is 10.9 Å². The summed E-state index contributed by atoms with van der Waals surface area (Å²) in [5.41, 5.74) is 3.81. The molecule has 1 aliphatic heterocycles. The molecule has 2 N–H and O–H groups in total. The fraction of sp³-hybridized carbons (Fsp3) is 0.280. The Morgan fingerprint density at radius 1 is 1.12 bits per heavy atom. The fourth-order valence-electron chi connectivity index (χ4n) is 3.91. The molecule has 1 fully saturated rings. The average molecular weight is 468 g/mol. The number of benzene rings is 2. The van der Waals surface area contributed by atoms with Gasteiger partial charge in [-0.25, -0.2) is 0 Å². The molecule has 0 aliphatic carbocycles. The molecule has 1 amide bonds. The lowest BCUT2D eigenvalue weighted by Crippen LogP contribution is -2.37. The van der Waals surface area contributed by atoms with Gasteiger partial charge in [-0.1, -0.05) is 23.7 Å². The van der Waals surface area contributed by atoms with Crippen LogP contribution in [0.5, 0.6) is 0 Å². The molecule has 166 valence electrons. The number of halogens is 1. The Morgan fingerprint density at radius 2 is 1.91 bits per heavy atom. The van der Waals surface area contributed by atoms with Crippen LogP contribution in [0.25, 0.3) is 11.3 Å².